The first-order valence-electron chi connectivity index (χ1n) is 5.83. The van der Waals surface area contributed by atoms with Crippen LogP contribution in [0, 0.1) is 0 Å². The Morgan fingerprint density at radius 2 is 2.00 bits per heavy atom. The highest BCUT2D eigenvalue weighted by Gasteiger charge is 2.13. The molecule has 0 fully saturated rings. The first-order valence-corrected chi connectivity index (χ1v) is 6.62. The first-order chi connectivity index (χ1) is 8.02. The van der Waals surface area contributed by atoms with Gasteiger partial charge in [0.1, 0.15) is 0 Å². The summed E-state index contributed by atoms with van der Waals surface area (Å²) in [5.74, 6) is -0.0721. The van der Waals surface area contributed by atoms with Gasteiger partial charge in [-0.2, -0.15) is 0 Å². The van der Waals surface area contributed by atoms with Crippen molar-refractivity contribution in [1.29, 1.82) is 0 Å². The predicted octanol–water partition coefficient (Wildman–Crippen LogP) is 2.23. The van der Waals surface area contributed by atoms with Crippen LogP contribution in [0.2, 0.25) is 0 Å². The summed E-state index contributed by atoms with van der Waals surface area (Å²) < 4.78 is 1.06. The SMILES string of the molecule is CC[C@@H](N)C(=O)NC(C)Cc1ccc(Br)cc1. The molecule has 1 unspecified atom stereocenters. The summed E-state index contributed by atoms with van der Waals surface area (Å²) in [7, 11) is 0. The summed E-state index contributed by atoms with van der Waals surface area (Å²) in [5.41, 5.74) is 6.86. The van der Waals surface area contributed by atoms with Crippen molar-refractivity contribution in [2.24, 2.45) is 5.73 Å². The molecule has 1 rings (SSSR count). The van der Waals surface area contributed by atoms with Crippen molar-refractivity contribution in [3.63, 3.8) is 0 Å². The molecule has 0 spiro atoms. The summed E-state index contributed by atoms with van der Waals surface area (Å²) in [6, 6.07) is 7.80. The molecular formula is C13H19BrN2O. The van der Waals surface area contributed by atoms with Crippen LogP contribution in [0.5, 0.6) is 0 Å². The average molecular weight is 299 g/mol. The third kappa shape index (κ3) is 4.88. The molecule has 3 N–H and O–H groups in total. The lowest BCUT2D eigenvalue weighted by atomic mass is 10.1. The van der Waals surface area contributed by atoms with Crippen molar-refractivity contribution in [3.8, 4) is 0 Å². The largest absolute Gasteiger partial charge is 0.352 e. The van der Waals surface area contributed by atoms with Crippen LogP contribution in [0.25, 0.3) is 0 Å². The third-order valence-electron chi connectivity index (χ3n) is 2.62. The van der Waals surface area contributed by atoms with Crippen LogP contribution in [0.3, 0.4) is 0 Å². The number of hydrogen-bond acceptors (Lipinski definition) is 2. The molecular weight excluding hydrogens is 280 g/mol. The van der Waals surface area contributed by atoms with Crippen LogP contribution in [0.15, 0.2) is 28.7 Å². The van der Waals surface area contributed by atoms with Crippen molar-refractivity contribution in [3.05, 3.63) is 34.3 Å². The summed E-state index contributed by atoms with van der Waals surface area (Å²) >= 11 is 3.39. The second-order valence-corrected chi connectivity index (χ2v) is 5.17. The Bertz CT molecular complexity index is 364. The van der Waals surface area contributed by atoms with Gasteiger partial charge in [0.2, 0.25) is 5.91 Å². The minimum absolute atomic E-state index is 0.0721. The monoisotopic (exact) mass is 298 g/mol. The third-order valence-corrected chi connectivity index (χ3v) is 3.15. The number of nitrogens with two attached hydrogens (primary N) is 1. The Hall–Kier alpha value is -0.870. The Labute approximate surface area is 111 Å². The first kappa shape index (κ1) is 14.2. The van der Waals surface area contributed by atoms with Crippen LogP contribution in [-0.2, 0) is 11.2 Å². The highest BCUT2D eigenvalue weighted by atomic mass is 79.9. The lowest BCUT2D eigenvalue weighted by Crippen LogP contribution is -2.44. The van der Waals surface area contributed by atoms with E-state index in [9.17, 15) is 4.79 Å². The van der Waals surface area contributed by atoms with E-state index >= 15 is 0 Å². The summed E-state index contributed by atoms with van der Waals surface area (Å²) in [4.78, 5) is 11.6. The zero-order valence-electron chi connectivity index (χ0n) is 10.2. The smallest absolute Gasteiger partial charge is 0.237 e. The van der Waals surface area contributed by atoms with Gasteiger partial charge in [-0.3, -0.25) is 4.79 Å². The van der Waals surface area contributed by atoms with Gasteiger partial charge in [0, 0.05) is 10.5 Å². The topological polar surface area (TPSA) is 55.1 Å². The van der Waals surface area contributed by atoms with Gasteiger partial charge >= 0.3 is 0 Å². The molecule has 2 atom stereocenters. The second-order valence-electron chi connectivity index (χ2n) is 4.25. The number of rotatable bonds is 5. The summed E-state index contributed by atoms with van der Waals surface area (Å²) in [6.07, 6.45) is 1.48. The normalized spacial score (nSPS) is 14.1. The Kier molecular flexibility index (Phi) is 5.65. The van der Waals surface area contributed by atoms with E-state index in [1.54, 1.807) is 0 Å². The highest BCUT2D eigenvalue weighted by molar-refractivity contribution is 9.10. The van der Waals surface area contributed by atoms with E-state index in [2.05, 4.69) is 21.2 Å². The van der Waals surface area contributed by atoms with Crippen molar-refractivity contribution >= 4 is 21.8 Å². The quantitative estimate of drug-likeness (QED) is 0.876. The maximum atomic E-state index is 11.6. The number of nitrogens with one attached hydrogen (secondary N) is 1. The standard InChI is InChI=1S/C13H19BrN2O/c1-3-12(15)13(17)16-9(2)8-10-4-6-11(14)7-5-10/h4-7,9,12H,3,8,15H2,1-2H3,(H,16,17)/t9?,12-/m1/s1. The van der Waals surface area contributed by atoms with E-state index in [1.807, 2.05) is 38.1 Å². The molecule has 0 bridgehead atoms. The number of benzene rings is 1. The Balaban J connectivity index is 2.47. The van der Waals surface area contributed by atoms with E-state index in [0.717, 1.165) is 10.9 Å². The molecule has 0 aliphatic carbocycles. The van der Waals surface area contributed by atoms with Crippen LogP contribution >= 0.6 is 15.9 Å². The summed E-state index contributed by atoms with van der Waals surface area (Å²) in [6.45, 7) is 3.89. The molecule has 1 aromatic carbocycles. The predicted molar refractivity (Wildman–Crippen MR) is 73.7 cm³/mol. The number of amides is 1. The van der Waals surface area contributed by atoms with Crippen LogP contribution in [0.4, 0.5) is 0 Å². The molecule has 3 nitrogen and oxygen atoms in total. The Morgan fingerprint density at radius 1 is 1.41 bits per heavy atom. The molecule has 17 heavy (non-hydrogen) atoms. The molecule has 0 saturated heterocycles. The maximum absolute atomic E-state index is 11.6. The van der Waals surface area contributed by atoms with Crippen LogP contribution in [0.1, 0.15) is 25.8 Å². The minimum Gasteiger partial charge on any atom is -0.352 e. The second kappa shape index (κ2) is 6.77. The molecule has 1 amide bonds. The molecule has 0 radical (unpaired) electrons. The maximum Gasteiger partial charge on any atom is 0.237 e. The number of carbonyl (C=O) groups is 1. The number of halogens is 1. The summed E-state index contributed by atoms with van der Waals surface area (Å²) in [5, 5.41) is 2.92. The molecule has 0 aliphatic heterocycles. The minimum atomic E-state index is -0.401. The van der Waals surface area contributed by atoms with E-state index in [4.69, 9.17) is 5.73 Å². The molecule has 0 aromatic heterocycles. The van der Waals surface area contributed by atoms with E-state index < -0.39 is 6.04 Å². The van der Waals surface area contributed by atoms with Gasteiger partial charge in [-0.15, -0.1) is 0 Å². The van der Waals surface area contributed by atoms with Gasteiger partial charge in [0.15, 0.2) is 0 Å². The number of hydrogen-bond donors (Lipinski definition) is 2. The fourth-order valence-corrected chi connectivity index (χ4v) is 1.82. The Morgan fingerprint density at radius 3 is 2.53 bits per heavy atom. The van der Waals surface area contributed by atoms with Gasteiger partial charge in [-0.25, -0.2) is 0 Å². The van der Waals surface area contributed by atoms with Crippen LogP contribution < -0.4 is 11.1 Å². The lowest BCUT2D eigenvalue weighted by molar-refractivity contribution is -0.123. The van der Waals surface area contributed by atoms with E-state index in [0.29, 0.717) is 6.42 Å². The van der Waals surface area contributed by atoms with Gasteiger partial charge in [-0.1, -0.05) is 35.0 Å². The van der Waals surface area contributed by atoms with Gasteiger partial charge < -0.3 is 11.1 Å². The molecule has 4 heteroatoms. The van der Waals surface area contributed by atoms with Crippen molar-refractivity contribution in [2.75, 3.05) is 0 Å². The molecule has 0 heterocycles. The molecule has 94 valence electrons. The van der Waals surface area contributed by atoms with E-state index in [-0.39, 0.29) is 11.9 Å². The van der Waals surface area contributed by atoms with Gasteiger partial charge in [-0.05, 0) is 37.5 Å². The average Bonchev–Trinajstić information content (AvgIpc) is 2.30. The van der Waals surface area contributed by atoms with Crippen LogP contribution in [-0.4, -0.2) is 18.0 Å². The zero-order valence-corrected chi connectivity index (χ0v) is 11.8. The van der Waals surface area contributed by atoms with Crippen molar-refractivity contribution in [2.45, 2.75) is 38.8 Å². The lowest BCUT2D eigenvalue weighted by Gasteiger charge is -2.16. The molecule has 0 aliphatic rings. The van der Waals surface area contributed by atoms with Gasteiger partial charge in [0.25, 0.3) is 0 Å². The van der Waals surface area contributed by atoms with E-state index in [1.165, 1.54) is 5.56 Å². The van der Waals surface area contributed by atoms with Crippen molar-refractivity contribution in [1.82, 2.24) is 5.32 Å². The fraction of sp³-hybridized carbons (Fsp3) is 0.462. The van der Waals surface area contributed by atoms with Gasteiger partial charge in [0.05, 0.1) is 6.04 Å². The zero-order chi connectivity index (χ0) is 12.8. The highest BCUT2D eigenvalue weighted by Crippen LogP contribution is 2.11. The van der Waals surface area contributed by atoms with Crippen molar-refractivity contribution < 1.29 is 4.79 Å². The molecule has 1 aromatic rings. The number of carbonyl (C=O) groups excluding carboxylic acids is 1. The fourth-order valence-electron chi connectivity index (χ4n) is 1.56. The molecule has 0 saturated carbocycles.